The van der Waals surface area contributed by atoms with Crippen LogP contribution in [0.15, 0.2) is 0 Å². The zero-order valence-electron chi connectivity index (χ0n) is 6.22. The van der Waals surface area contributed by atoms with E-state index >= 15 is 0 Å². The Bertz CT molecular complexity index is 121. The molecule has 0 aromatic heterocycles. The van der Waals surface area contributed by atoms with E-state index in [2.05, 4.69) is 5.32 Å². The van der Waals surface area contributed by atoms with Crippen molar-refractivity contribution in [2.45, 2.75) is 25.1 Å². The Morgan fingerprint density at radius 3 is 3.10 bits per heavy atom. The number of hydrogen-bond donors (Lipinski definition) is 1. The normalized spacial score (nSPS) is 25.1. The van der Waals surface area contributed by atoms with Gasteiger partial charge in [-0.15, -0.1) is 11.8 Å². The van der Waals surface area contributed by atoms with Crippen molar-refractivity contribution in [3.8, 4) is 0 Å². The maximum Gasteiger partial charge on any atom is 0.159 e. The predicted molar refractivity (Wildman–Crippen MR) is 44.2 cm³/mol. The summed E-state index contributed by atoms with van der Waals surface area (Å²) in [7, 11) is 0. The van der Waals surface area contributed by atoms with Crippen LogP contribution in [0, 0.1) is 0 Å². The van der Waals surface area contributed by atoms with Crippen molar-refractivity contribution in [2.24, 2.45) is 0 Å². The summed E-state index contributed by atoms with van der Waals surface area (Å²) >= 11 is 1.73. The molecule has 0 aromatic carbocycles. The average Bonchev–Trinajstić information content (AvgIpc) is 2.38. The lowest BCUT2D eigenvalue weighted by Crippen LogP contribution is -2.28. The first-order valence-electron chi connectivity index (χ1n) is 3.72. The van der Waals surface area contributed by atoms with Crippen molar-refractivity contribution in [3.63, 3.8) is 0 Å². The molecule has 1 N–H and O–H groups in total. The van der Waals surface area contributed by atoms with Crippen molar-refractivity contribution in [3.05, 3.63) is 0 Å². The van der Waals surface area contributed by atoms with E-state index in [0.717, 1.165) is 25.1 Å². The van der Waals surface area contributed by atoms with Crippen molar-refractivity contribution in [2.75, 3.05) is 12.3 Å². The van der Waals surface area contributed by atoms with Crippen LogP contribution in [0.5, 0.6) is 0 Å². The largest absolute Gasteiger partial charge is 0.298 e. The van der Waals surface area contributed by atoms with Crippen LogP contribution in [0.4, 0.5) is 0 Å². The Kier molecular flexibility index (Phi) is 3.22. The summed E-state index contributed by atoms with van der Waals surface area (Å²) in [6.45, 7) is 3.03. The summed E-state index contributed by atoms with van der Waals surface area (Å²) in [5.74, 6) is 1.45. The molecule has 10 heavy (non-hydrogen) atoms. The van der Waals surface area contributed by atoms with Crippen LogP contribution in [-0.2, 0) is 4.79 Å². The van der Waals surface area contributed by atoms with Crippen molar-refractivity contribution in [1.29, 1.82) is 0 Å². The number of ketones is 1. The summed E-state index contributed by atoms with van der Waals surface area (Å²) in [5.41, 5.74) is 0. The Hall–Kier alpha value is -0.0200. The standard InChI is InChI=1S/C7H13NOS/c1-2-3-6(9)7-8-4-5-10-7/h7-8H,2-5H2,1H3. The highest BCUT2D eigenvalue weighted by Crippen LogP contribution is 2.15. The van der Waals surface area contributed by atoms with E-state index in [4.69, 9.17) is 0 Å². The molecule has 1 heterocycles. The van der Waals surface area contributed by atoms with Gasteiger partial charge in [0.1, 0.15) is 5.37 Å². The van der Waals surface area contributed by atoms with E-state index in [0.29, 0.717) is 5.78 Å². The smallest absolute Gasteiger partial charge is 0.159 e. The molecule has 1 atom stereocenters. The fourth-order valence-corrected chi connectivity index (χ4v) is 2.02. The Balaban J connectivity index is 2.25. The van der Waals surface area contributed by atoms with Gasteiger partial charge in [-0.3, -0.25) is 10.1 Å². The minimum Gasteiger partial charge on any atom is -0.298 e. The lowest BCUT2D eigenvalue weighted by molar-refractivity contribution is -0.118. The molecular weight excluding hydrogens is 146 g/mol. The lowest BCUT2D eigenvalue weighted by atomic mass is 10.2. The maximum absolute atomic E-state index is 11.2. The molecule has 0 saturated carbocycles. The molecular formula is C7H13NOS. The van der Waals surface area contributed by atoms with Gasteiger partial charge in [0.05, 0.1) is 0 Å². The van der Waals surface area contributed by atoms with Crippen LogP contribution in [-0.4, -0.2) is 23.5 Å². The van der Waals surface area contributed by atoms with E-state index in [9.17, 15) is 4.79 Å². The summed E-state index contributed by atoms with van der Waals surface area (Å²) < 4.78 is 0. The number of rotatable bonds is 3. The maximum atomic E-state index is 11.2. The Labute approximate surface area is 65.8 Å². The molecule has 1 aliphatic heterocycles. The third kappa shape index (κ3) is 1.99. The zero-order valence-corrected chi connectivity index (χ0v) is 7.04. The van der Waals surface area contributed by atoms with E-state index in [1.165, 1.54) is 0 Å². The van der Waals surface area contributed by atoms with E-state index in [1.807, 2.05) is 6.92 Å². The van der Waals surface area contributed by atoms with Crippen LogP contribution in [0.1, 0.15) is 19.8 Å². The average molecular weight is 159 g/mol. The van der Waals surface area contributed by atoms with Crippen LogP contribution in [0.25, 0.3) is 0 Å². The molecule has 0 amide bonds. The number of nitrogens with one attached hydrogen (secondary N) is 1. The fraction of sp³-hybridized carbons (Fsp3) is 0.857. The third-order valence-corrected chi connectivity index (χ3v) is 2.71. The monoisotopic (exact) mass is 159 g/mol. The van der Waals surface area contributed by atoms with Crippen LogP contribution in [0.2, 0.25) is 0 Å². The number of Topliss-reactive ketones (excluding diaryl/α,β-unsaturated/α-hetero) is 1. The van der Waals surface area contributed by atoms with Crippen LogP contribution >= 0.6 is 11.8 Å². The SMILES string of the molecule is CCCC(=O)C1NCCS1. The first-order chi connectivity index (χ1) is 4.84. The molecule has 0 aliphatic carbocycles. The van der Waals surface area contributed by atoms with Gasteiger partial charge in [-0.2, -0.15) is 0 Å². The van der Waals surface area contributed by atoms with Gasteiger partial charge in [-0.05, 0) is 6.42 Å². The highest BCUT2D eigenvalue weighted by atomic mass is 32.2. The summed E-state index contributed by atoms with van der Waals surface area (Å²) in [5, 5.41) is 3.27. The third-order valence-electron chi connectivity index (χ3n) is 1.51. The zero-order chi connectivity index (χ0) is 7.40. The molecule has 0 bridgehead atoms. The second-order valence-electron chi connectivity index (χ2n) is 2.42. The molecule has 0 aromatic rings. The second kappa shape index (κ2) is 3.98. The molecule has 3 heteroatoms. The number of hydrogen-bond acceptors (Lipinski definition) is 3. The summed E-state index contributed by atoms with van der Waals surface area (Å²) in [6.07, 6.45) is 1.70. The number of carbonyl (C=O) groups is 1. The highest BCUT2D eigenvalue weighted by Gasteiger charge is 2.20. The quantitative estimate of drug-likeness (QED) is 0.666. The van der Waals surface area contributed by atoms with E-state index in [-0.39, 0.29) is 5.37 Å². The van der Waals surface area contributed by atoms with Gasteiger partial charge in [0.25, 0.3) is 0 Å². The summed E-state index contributed by atoms with van der Waals surface area (Å²) in [4.78, 5) is 11.2. The second-order valence-corrected chi connectivity index (χ2v) is 3.63. The molecule has 0 spiro atoms. The molecule has 1 saturated heterocycles. The Morgan fingerprint density at radius 2 is 2.60 bits per heavy atom. The first kappa shape index (κ1) is 8.08. The van der Waals surface area contributed by atoms with Gasteiger partial charge in [0, 0.05) is 18.7 Å². The molecule has 1 fully saturated rings. The van der Waals surface area contributed by atoms with Gasteiger partial charge in [-0.25, -0.2) is 0 Å². The van der Waals surface area contributed by atoms with Crippen molar-refractivity contribution in [1.82, 2.24) is 5.32 Å². The minimum atomic E-state index is 0.111. The lowest BCUT2D eigenvalue weighted by Gasteiger charge is -2.05. The van der Waals surface area contributed by atoms with E-state index < -0.39 is 0 Å². The molecule has 1 unspecified atom stereocenters. The van der Waals surface area contributed by atoms with Crippen LogP contribution in [0.3, 0.4) is 0 Å². The molecule has 0 radical (unpaired) electrons. The van der Waals surface area contributed by atoms with Crippen molar-refractivity contribution < 1.29 is 4.79 Å². The molecule has 1 aliphatic rings. The van der Waals surface area contributed by atoms with Gasteiger partial charge in [0.15, 0.2) is 5.78 Å². The first-order valence-corrected chi connectivity index (χ1v) is 4.77. The fourth-order valence-electron chi connectivity index (χ4n) is 1.01. The molecule has 1 rings (SSSR count). The van der Waals surface area contributed by atoms with Gasteiger partial charge in [0.2, 0.25) is 0 Å². The Morgan fingerprint density at radius 1 is 1.80 bits per heavy atom. The number of carbonyl (C=O) groups excluding carboxylic acids is 1. The van der Waals surface area contributed by atoms with E-state index in [1.54, 1.807) is 11.8 Å². The van der Waals surface area contributed by atoms with Gasteiger partial charge in [-0.1, -0.05) is 6.92 Å². The van der Waals surface area contributed by atoms with Gasteiger partial charge < -0.3 is 0 Å². The van der Waals surface area contributed by atoms with Crippen molar-refractivity contribution >= 4 is 17.5 Å². The minimum absolute atomic E-state index is 0.111. The highest BCUT2D eigenvalue weighted by molar-refractivity contribution is 8.00. The van der Waals surface area contributed by atoms with Gasteiger partial charge >= 0.3 is 0 Å². The molecule has 2 nitrogen and oxygen atoms in total. The molecule has 58 valence electrons. The number of thioether (sulfide) groups is 1. The summed E-state index contributed by atoms with van der Waals surface area (Å²) in [6, 6.07) is 0. The van der Waals surface area contributed by atoms with Crippen LogP contribution < -0.4 is 5.32 Å². The topological polar surface area (TPSA) is 29.1 Å². The predicted octanol–water partition coefficient (Wildman–Crippen LogP) is 1.02.